The second kappa shape index (κ2) is 8.30. The van der Waals surface area contributed by atoms with E-state index >= 15 is 0 Å². The highest BCUT2D eigenvalue weighted by atomic mass is 32.2. The number of nitrogens with zero attached hydrogens (tertiary/aromatic N) is 2. The van der Waals surface area contributed by atoms with E-state index in [-0.39, 0.29) is 5.56 Å². The van der Waals surface area contributed by atoms with Gasteiger partial charge in [-0.05, 0) is 66.8 Å². The summed E-state index contributed by atoms with van der Waals surface area (Å²) in [7, 11) is -3.67. The van der Waals surface area contributed by atoms with Gasteiger partial charge < -0.3 is 0 Å². The number of aromatic nitrogens is 2. The van der Waals surface area contributed by atoms with Gasteiger partial charge in [0.05, 0.1) is 10.6 Å². The summed E-state index contributed by atoms with van der Waals surface area (Å²) in [6, 6.07) is 13.6. The third-order valence-electron chi connectivity index (χ3n) is 6.73. The van der Waals surface area contributed by atoms with Gasteiger partial charge in [0, 0.05) is 24.2 Å². The highest BCUT2D eigenvalue weighted by Gasteiger charge is 2.30. The van der Waals surface area contributed by atoms with E-state index in [1.165, 1.54) is 5.56 Å². The lowest BCUT2D eigenvalue weighted by Crippen LogP contribution is -2.36. The van der Waals surface area contributed by atoms with Crippen molar-refractivity contribution in [2.45, 2.75) is 56.9 Å². The maximum atomic E-state index is 13.8. The number of hydrogen-bond donors (Lipinski definition) is 1. The maximum absolute atomic E-state index is 13.8. The largest absolute Gasteiger partial charge is 0.268 e. The van der Waals surface area contributed by atoms with Crippen molar-refractivity contribution in [2.75, 3.05) is 6.54 Å². The molecule has 1 aliphatic heterocycles. The van der Waals surface area contributed by atoms with Crippen molar-refractivity contribution in [2.24, 2.45) is 0 Å². The maximum Gasteiger partial charge on any atom is 0.267 e. The molecule has 166 valence electrons. The monoisotopic (exact) mass is 449 g/mol. The van der Waals surface area contributed by atoms with E-state index in [0.717, 1.165) is 53.5 Å². The molecule has 7 heteroatoms. The third kappa shape index (κ3) is 3.59. The van der Waals surface area contributed by atoms with Crippen LogP contribution < -0.4 is 5.56 Å². The number of nitrogens with one attached hydrogen (secondary N) is 1. The molecule has 0 radical (unpaired) electrons. The van der Waals surface area contributed by atoms with E-state index in [4.69, 9.17) is 0 Å². The van der Waals surface area contributed by atoms with Crippen molar-refractivity contribution < 1.29 is 8.42 Å². The molecule has 0 saturated heterocycles. The van der Waals surface area contributed by atoms with Gasteiger partial charge in [0.15, 0.2) is 0 Å². The van der Waals surface area contributed by atoms with Gasteiger partial charge in [0.1, 0.15) is 0 Å². The van der Waals surface area contributed by atoms with Gasteiger partial charge in [-0.1, -0.05) is 43.3 Å². The van der Waals surface area contributed by atoms with E-state index in [0.29, 0.717) is 36.5 Å². The van der Waals surface area contributed by atoms with Crippen LogP contribution in [0.25, 0.3) is 11.3 Å². The Morgan fingerprint density at radius 1 is 1.00 bits per heavy atom. The molecule has 1 N–H and O–H groups in total. The lowest BCUT2D eigenvalue weighted by molar-refractivity contribution is 0.391. The minimum absolute atomic E-state index is 0.131. The topological polar surface area (TPSA) is 83.1 Å². The van der Waals surface area contributed by atoms with Gasteiger partial charge in [-0.3, -0.25) is 4.79 Å². The lowest BCUT2D eigenvalue weighted by atomic mass is 9.89. The molecule has 1 aromatic heterocycles. The van der Waals surface area contributed by atoms with Crippen molar-refractivity contribution in [3.8, 4) is 11.3 Å². The molecule has 6 nitrogen and oxygen atoms in total. The van der Waals surface area contributed by atoms with E-state index in [9.17, 15) is 13.2 Å². The Morgan fingerprint density at radius 2 is 1.75 bits per heavy atom. The van der Waals surface area contributed by atoms with Gasteiger partial charge in [-0.25, -0.2) is 13.5 Å². The molecular formula is C25H27N3O3S. The van der Waals surface area contributed by atoms with Gasteiger partial charge in [-0.2, -0.15) is 9.40 Å². The highest BCUT2D eigenvalue weighted by molar-refractivity contribution is 7.89. The Kier molecular flexibility index (Phi) is 5.47. The fraction of sp³-hybridized carbons (Fsp3) is 0.360. The second-order valence-electron chi connectivity index (χ2n) is 8.60. The minimum atomic E-state index is -3.67. The van der Waals surface area contributed by atoms with Crippen molar-refractivity contribution in [1.29, 1.82) is 0 Å². The van der Waals surface area contributed by atoms with E-state index in [1.807, 2.05) is 37.3 Å². The van der Waals surface area contributed by atoms with Gasteiger partial charge in [0.2, 0.25) is 10.0 Å². The summed E-state index contributed by atoms with van der Waals surface area (Å²) in [5.74, 6) is 0. The molecule has 5 rings (SSSR count). The summed E-state index contributed by atoms with van der Waals surface area (Å²) >= 11 is 0. The Balaban J connectivity index is 1.59. The van der Waals surface area contributed by atoms with Crippen molar-refractivity contribution in [3.05, 3.63) is 80.6 Å². The molecule has 0 atom stereocenters. The smallest absolute Gasteiger partial charge is 0.267 e. The number of benzene rings is 2. The van der Waals surface area contributed by atoms with Crippen LogP contribution in [0.3, 0.4) is 0 Å². The number of sulfonamides is 1. The first-order chi connectivity index (χ1) is 15.5. The quantitative estimate of drug-likeness (QED) is 0.659. The third-order valence-corrected chi connectivity index (χ3v) is 8.66. The van der Waals surface area contributed by atoms with Crippen LogP contribution in [0.2, 0.25) is 0 Å². The van der Waals surface area contributed by atoms with Gasteiger partial charge in [-0.15, -0.1) is 0 Å². The van der Waals surface area contributed by atoms with Crippen LogP contribution >= 0.6 is 0 Å². The van der Waals surface area contributed by atoms with Crippen LogP contribution in [0.5, 0.6) is 0 Å². The zero-order valence-electron chi connectivity index (χ0n) is 18.2. The molecule has 0 fully saturated rings. The van der Waals surface area contributed by atoms with E-state index < -0.39 is 10.0 Å². The zero-order chi connectivity index (χ0) is 22.3. The molecule has 1 aliphatic carbocycles. The molecule has 0 amide bonds. The van der Waals surface area contributed by atoms with Gasteiger partial charge >= 0.3 is 0 Å². The number of rotatable bonds is 4. The highest BCUT2D eigenvalue weighted by Crippen LogP contribution is 2.33. The number of fused-ring (bicyclic) bond motifs is 2. The van der Waals surface area contributed by atoms with Crippen LogP contribution in [0.4, 0.5) is 0 Å². The number of aryl methyl sites for hydroxylation is 1. The lowest BCUT2D eigenvalue weighted by Gasteiger charge is -2.29. The number of H-pyrrole nitrogens is 1. The first kappa shape index (κ1) is 21.1. The van der Waals surface area contributed by atoms with Crippen LogP contribution in [0.15, 0.2) is 52.2 Å². The normalized spacial score (nSPS) is 16.4. The SMILES string of the molecule is CCc1ccc(-c2n[nH]c(=O)c3c2CCCC3)cc1S(=O)(=O)N1CCc2ccccc2C1. The molecule has 0 saturated carbocycles. The Morgan fingerprint density at radius 3 is 2.53 bits per heavy atom. The molecule has 2 aromatic carbocycles. The first-order valence-corrected chi connectivity index (χ1v) is 12.7. The molecule has 3 aromatic rings. The summed E-state index contributed by atoms with van der Waals surface area (Å²) < 4.78 is 29.1. The summed E-state index contributed by atoms with van der Waals surface area (Å²) in [5.41, 5.74) is 6.13. The van der Waals surface area contributed by atoms with E-state index in [2.05, 4.69) is 16.3 Å². The molecule has 0 unspecified atom stereocenters. The zero-order valence-corrected chi connectivity index (χ0v) is 19.0. The van der Waals surface area contributed by atoms with Crippen molar-refractivity contribution in [3.63, 3.8) is 0 Å². The summed E-state index contributed by atoms with van der Waals surface area (Å²) in [6.45, 7) is 2.83. The molecule has 2 aliphatic rings. The average molecular weight is 450 g/mol. The Labute approximate surface area is 188 Å². The minimum Gasteiger partial charge on any atom is -0.268 e. The summed E-state index contributed by atoms with van der Waals surface area (Å²) in [5, 5.41) is 6.96. The van der Waals surface area contributed by atoms with Crippen molar-refractivity contribution in [1.82, 2.24) is 14.5 Å². The number of aromatic amines is 1. The summed E-state index contributed by atoms with van der Waals surface area (Å²) in [6.07, 6.45) is 4.87. The average Bonchev–Trinajstić information content (AvgIpc) is 2.84. The Hall–Kier alpha value is -2.77. The predicted octanol–water partition coefficient (Wildman–Crippen LogP) is 3.63. The predicted molar refractivity (Wildman–Crippen MR) is 124 cm³/mol. The van der Waals surface area contributed by atoms with E-state index in [1.54, 1.807) is 10.4 Å². The molecular weight excluding hydrogens is 422 g/mol. The van der Waals surface area contributed by atoms with Crippen LogP contribution in [-0.4, -0.2) is 29.5 Å². The fourth-order valence-corrected chi connectivity index (χ4v) is 6.68. The molecule has 0 spiro atoms. The first-order valence-electron chi connectivity index (χ1n) is 11.3. The van der Waals surface area contributed by atoms with Crippen LogP contribution in [0, 0.1) is 0 Å². The standard InChI is InChI=1S/C25H27N3O3S/c1-2-17-11-12-19(24-21-9-5-6-10-22(21)25(29)27-26-24)15-23(17)32(30,31)28-14-13-18-7-3-4-8-20(18)16-28/h3-4,7-8,11-12,15H,2,5-6,9-10,13-14,16H2,1H3,(H,27,29). The number of hydrogen-bond acceptors (Lipinski definition) is 4. The van der Waals surface area contributed by atoms with Gasteiger partial charge in [0.25, 0.3) is 5.56 Å². The van der Waals surface area contributed by atoms with Crippen LogP contribution in [0.1, 0.15) is 47.6 Å². The van der Waals surface area contributed by atoms with Crippen LogP contribution in [-0.2, 0) is 42.3 Å². The molecule has 32 heavy (non-hydrogen) atoms. The second-order valence-corrected chi connectivity index (χ2v) is 10.5. The Bertz CT molecular complexity index is 1340. The fourth-order valence-electron chi connectivity index (χ4n) is 4.95. The van der Waals surface area contributed by atoms with Crippen molar-refractivity contribution >= 4 is 10.0 Å². The molecule has 0 bridgehead atoms. The summed E-state index contributed by atoms with van der Waals surface area (Å²) in [4.78, 5) is 12.6. The molecule has 2 heterocycles.